The lowest BCUT2D eigenvalue weighted by Crippen LogP contribution is -2.29. The average molecular weight is 276 g/mol. The molecule has 0 aliphatic carbocycles. The summed E-state index contributed by atoms with van der Waals surface area (Å²) in [6.07, 6.45) is 1.10. The van der Waals surface area contributed by atoms with E-state index in [-0.39, 0.29) is 5.91 Å². The van der Waals surface area contributed by atoms with Crippen LogP contribution in [0.5, 0.6) is 0 Å². The van der Waals surface area contributed by atoms with Gasteiger partial charge in [-0.15, -0.1) is 0 Å². The van der Waals surface area contributed by atoms with E-state index in [1.165, 1.54) is 0 Å². The van der Waals surface area contributed by atoms with Crippen LogP contribution in [0.1, 0.15) is 36.2 Å². The van der Waals surface area contributed by atoms with Crippen molar-refractivity contribution in [2.45, 2.75) is 20.3 Å². The molecular formula is C15H20N2OS. The number of nitrogens with zero attached hydrogens (tertiary/aromatic N) is 1. The smallest absolute Gasteiger partial charge is 0.253 e. The standard InChI is InChI=1S/C15H20N2OS/c1-10(2)13-6-7-17(9-13)15(18)12-5-3-4-11(8-12)14(16)19/h3-5,8,10,13H,6-7,9H2,1-2H3,(H2,16,19). The summed E-state index contributed by atoms with van der Waals surface area (Å²) in [7, 11) is 0. The third-order valence-corrected chi connectivity index (χ3v) is 4.08. The molecule has 4 heteroatoms. The molecule has 1 fully saturated rings. The number of carbonyl (C=O) groups is 1. The number of nitrogens with two attached hydrogens (primary N) is 1. The molecule has 3 nitrogen and oxygen atoms in total. The summed E-state index contributed by atoms with van der Waals surface area (Å²) in [4.78, 5) is 14.7. The van der Waals surface area contributed by atoms with Crippen molar-refractivity contribution in [3.05, 3.63) is 35.4 Å². The molecule has 1 saturated heterocycles. The van der Waals surface area contributed by atoms with Crippen molar-refractivity contribution in [3.63, 3.8) is 0 Å². The number of rotatable bonds is 3. The fourth-order valence-corrected chi connectivity index (χ4v) is 2.63. The van der Waals surface area contributed by atoms with Gasteiger partial charge in [0.25, 0.3) is 5.91 Å². The van der Waals surface area contributed by atoms with Crippen molar-refractivity contribution in [1.82, 2.24) is 4.90 Å². The van der Waals surface area contributed by atoms with Gasteiger partial charge in [0.1, 0.15) is 4.99 Å². The van der Waals surface area contributed by atoms with Gasteiger partial charge >= 0.3 is 0 Å². The number of hydrogen-bond acceptors (Lipinski definition) is 2. The lowest BCUT2D eigenvalue weighted by atomic mass is 9.95. The summed E-state index contributed by atoms with van der Waals surface area (Å²) in [6.45, 7) is 6.13. The lowest BCUT2D eigenvalue weighted by molar-refractivity contribution is 0.0784. The molecule has 0 saturated carbocycles. The zero-order valence-corrected chi connectivity index (χ0v) is 12.2. The molecule has 1 unspecified atom stereocenters. The predicted molar refractivity (Wildman–Crippen MR) is 81.2 cm³/mol. The van der Waals surface area contributed by atoms with Crippen LogP contribution in [0.2, 0.25) is 0 Å². The third-order valence-electron chi connectivity index (χ3n) is 3.85. The Hall–Kier alpha value is -1.42. The summed E-state index contributed by atoms with van der Waals surface area (Å²) in [5.74, 6) is 1.32. The molecule has 2 rings (SSSR count). The van der Waals surface area contributed by atoms with Gasteiger partial charge in [0, 0.05) is 24.2 Å². The number of thiocarbonyl (C=S) groups is 1. The fourth-order valence-electron chi connectivity index (χ4n) is 2.50. The molecule has 19 heavy (non-hydrogen) atoms. The van der Waals surface area contributed by atoms with Gasteiger partial charge < -0.3 is 10.6 Å². The van der Waals surface area contributed by atoms with Crippen molar-refractivity contribution in [3.8, 4) is 0 Å². The minimum absolute atomic E-state index is 0.0845. The SMILES string of the molecule is CC(C)C1CCN(C(=O)c2cccc(C(N)=S)c2)C1. The molecule has 2 N–H and O–H groups in total. The Balaban J connectivity index is 2.12. The molecule has 1 aromatic rings. The van der Waals surface area contributed by atoms with Crippen LogP contribution in [0.4, 0.5) is 0 Å². The van der Waals surface area contributed by atoms with E-state index in [9.17, 15) is 4.79 Å². The van der Waals surface area contributed by atoms with Crippen molar-refractivity contribution >= 4 is 23.1 Å². The first-order valence-corrected chi connectivity index (χ1v) is 7.09. The first kappa shape index (κ1) is 14.0. The van der Waals surface area contributed by atoms with Gasteiger partial charge in [-0.1, -0.05) is 38.2 Å². The van der Waals surface area contributed by atoms with E-state index in [1.54, 1.807) is 6.07 Å². The molecular weight excluding hydrogens is 256 g/mol. The van der Waals surface area contributed by atoms with Gasteiger partial charge in [-0.05, 0) is 30.4 Å². The van der Waals surface area contributed by atoms with Gasteiger partial charge in [-0.3, -0.25) is 4.79 Å². The lowest BCUT2D eigenvalue weighted by Gasteiger charge is -2.18. The van der Waals surface area contributed by atoms with Gasteiger partial charge in [-0.25, -0.2) is 0 Å². The minimum Gasteiger partial charge on any atom is -0.389 e. The average Bonchev–Trinajstić information content (AvgIpc) is 2.87. The number of carbonyl (C=O) groups excluding carboxylic acids is 1. The van der Waals surface area contributed by atoms with E-state index >= 15 is 0 Å². The van der Waals surface area contributed by atoms with Gasteiger partial charge in [0.05, 0.1) is 0 Å². The van der Waals surface area contributed by atoms with Crippen LogP contribution in [0, 0.1) is 11.8 Å². The van der Waals surface area contributed by atoms with E-state index in [0.717, 1.165) is 25.1 Å². The van der Waals surface area contributed by atoms with Crippen molar-refractivity contribution in [1.29, 1.82) is 0 Å². The molecule has 0 bridgehead atoms. The van der Waals surface area contributed by atoms with E-state index < -0.39 is 0 Å². The molecule has 0 aromatic heterocycles. The van der Waals surface area contributed by atoms with Crippen LogP contribution in [-0.2, 0) is 0 Å². The summed E-state index contributed by atoms with van der Waals surface area (Å²) >= 11 is 4.95. The summed E-state index contributed by atoms with van der Waals surface area (Å²) < 4.78 is 0. The number of likely N-dealkylation sites (tertiary alicyclic amines) is 1. The Bertz CT molecular complexity index is 499. The first-order chi connectivity index (χ1) is 8.99. The van der Waals surface area contributed by atoms with E-state index in [0.29, 0.717) is 22.4 Å². The third kappa shape index (κ3) is 3.13. The van der Waals surface area contributed by atoms with Gasteiger partial charge in [0.15, 0.2) is 0 Å². The maximum absolute atomic E-state index is 12.4. The van der Waals surface area contributed by atoms with Gasteiger partial charge in [0.2, 0.25) is 0 Å². The highest BCUT2D eigenvalue weighted by molar-refractivity contribution is 7.80. The summed E-state index contributed by atoms with van der Waals surface area (Å²) in [5, 5.41) is 0. The molecule has 0 spiro atoms. The molecule has 102 valence electrons. The van der Waals surface area contributed by atoms with Crippen LogP contribution in [0.3, 0.4) is 0 Å². The van der Waals surface area contributed by atoms with Crippen LogP contribution in [0.25, 0.3) is 0 Å². The quantitative estimate of drug-likeness (QED) is 0.863. The van der Waals surface area contributed by atoms with Crippen LogP contribution < -0.4 is 5.73 Å². The van der Waals surface area contributed by atoms with Crippen LogP contribution in [-0.4, -0.2) is 28.9 Å². The normalized spacial score (nSPS) is 18.9. The Kier molecular flexibility index (Phi) is 4.20. The second-order valence-electron chi connectivity index (χ2n) is 5.49. The molecule has 1 heterocycles. The Labute approximate surface area is 119 Å². The maximum atomic E-state index is 12.4. The molecule has 0 radical (unpaired) electrons. The Morgan fingerprint density at radius 1 is 1.42 bits per heavy atom. The highest BCUT2D eigenvalue weighted by Gasteiger charge is 2.28. The topological polar surface area (TPSA) is 46.3 Å². The monoisotopic (exact) mass is 276 g/mol. The minimum atomic E-state index is 0.0845. The van der Waals surface area contributed by atoms with Crippen molar-refractivity contribution in [2.75, 3.05) is 13.1 Å². The molecule has 1 aromatic carbocycles. The molecule has 1 amide bonds. The predicted octanol–water partition coefficient (Wildman–Crippen LogP) is 2.44. The maximum Gasteiger partial charge on any atom is 0.253 e. The number of benzene rings is 1. The van der Waals surface area contributed by atoms with Crippen molar-refractivity contribution in [2.24, 2.45) is 17.6 Å². The van der Waals surface area contributed by atoms with E-state index in [2.05, 4.69) is 13.8 Å². The molecule has 1 aliphatic rings. The molecule has 1 atom stereocenters. The van der Waals surface area contributed by atoms with E-state index in [4.69, 9.17) is 18.0 Å². The highest BCUT2D eigenvalue weighted by Crippen LogP contribution is 2.25. The van der Waals surface area contributed by atoms with Crippen molar-refractivity contribution < 1.29 is 4.79 Å². The van der Waals surface area contributed by atoms with Crippen LogP contribution in [0.15, 0.2) is 24.3 Å². The second-order valence-corrected chi connectivity index (χ2v) is 5.93. The number of amides is 1. The number of hydrogen-bond donors (Lipinski definition) is 1. The molecule has 1 aliphatic heterocycles. The zero-order chi connectivity index (χ0) is 14.0. The Morgan fingerprint density at radius 2 is 2.11 bits per heavy atom. The van der Waals surface area contributed by atoms with Gasteiger partial charge in [-0.2, -0.15) is 0 Å². The van der Waals surface area contributed by atoms with E-state index in [1.807, 2.05) is 23.1 Å². The largest absolute Gasteiger partial charge is 0.389 e. The summed E-state index contributed by atoms with van der Waals surface area (Å²) in [6, 6.07) is 7.28. The summed E-state index contributed by atoms with van der Waals surface area (Å²) in [5.41, 5.74) is 7.03. The Morgan fingerprint density at radius 3 is 2.68 bits per heavy atom. The highest BCUT2D eigenvalue weighted by atomic mass is 32.1. The fraction of sp³-hybridized carbons (Fsp3) is 0.467. The second kappa shape index (κ2) is 5.70. The zero-order valence-electron chi connectivity index (χ0n) is 11.4. The first-order valence-electron chi connectivity index (χ1n) is 6.68. The van der Waals surface area contributed by atoms with Crippen LogP contribution >= 0.6 is 12.2 Å².